The summed E-state index contributed by atoms with van der Waals surface area (Å²) in [5.41, 5.74) is 1.10. The summed E-state index contributed by atoms with van der Waals surface area (Å²) in [6.45, 7) is -0.326. The zero-order valence-electron chi connectivity index (χ0n) is 16.9. The Balaban J connectivity index is 1.61. The predicted octanol–water partition coefficient (Wildman–Crippen LogP) is 6.00. The first kappa shape index (κ1) is 21.7. The molecule has 4 aromatic rings. The number of amides is 1. The van der Waals surface area contributed by atoms with Crippen molar-refractivity contribution in [2.24, 2.45) is 0 Å². The molecule has 162 valence electrons. The van der Waals surface area contributed by atoms with Crippen molar-refractivity contribution in [2.75, 3.05) is 19.0 Å². The lowest BCUT2D eigenvalue weighted by molar-refractivity contribution is -0.118. The SMILES string of the molecule is COc1cccc(C(=O)c2oc3ccccc3c2NC(=O)COc2ccc(Cl)cc2Cl)c1. The number of ether oxygens (including phenoxy) is 2. The van der Waals surface area contributed by atoms with E-state index in [4.69, 9.17) is 37.1 Å². The highest BCUT2D eigenvalue weighted by Gasteiger charge is 2.24. The molecule has 1 heterocycles. The Morgan fingerprint density at radius 2 is 1.81 bits per heavy atom. The molecule has 0 unspecified atom stereocenters. The van der Waals surface area contributed by atoms with Crippen LogP contribution in [-0.2, 0) is 4.79 Å². The van der Waals surface area contributed by atoms with Gasteiger partial charge in [-0.05, 0) is 42.5 Å². The summed E-state index contributed by atoms with van der Waals surface area (Å²) in [5.74, 6) is -0.0154. The van der Waals surface area contributed by atoms with Crippen molar-refractivity contribution in [1.82, 2.24) is 0 Å². The molecule has 8 heteroatoms. The van der Waals surface area contributed by atoms with Crippen LogP contribution in [0.15, 0.2) is 71.1 Å². The van der Waals surface area contributed by atoms with Gasteiger partial charge in [0.2, 0.25) is 5.78 Å². The number of hydrogen-bond acceptors (Lipinski definition) is 5. The lowest BCUT2D eigenvalue weighted by Gasteiger charge is -2.09. The number of halogens is 2. The van der Waals surface area contributed by atoms with E-state index in [1.165, 1.54) is 13.2 Å². The molecule has 3 aromatic carbocycles. The van der Waals surface area contributed by atoms with Crippen molar-refractivity contribution in [3.8, 4) is 11.5 Å². The third-order valence-corrected chi connectivity index (χ3v) is 5.18. The standard InChI is InChI=1S/C24H17Cl2NO5/c1-30-16-6-4-5-14(11-16)23(29)24-22(17-7-2-3-8-19(17)32-24)27-21(28)13-31-20-10-9-15(25)12-18(20)26/h2-12H,13H2,1H3,(H,27,28). The Bertz CT molecular complexity index is 1310. The van der Waals surface area contributed by atoms with Gasteiger partial charge in [0.1, 0.15) is 17.1 Å². The Labute approximate surface area is 193 Å². The van der Waals surface area contributed by atoms with E-state index in [1.807, 2.05) is 0 Å². The number of furan rings is 1. The number of anilines is 1. The normalized spacial score (nSPS) is 10.7. The third-order valence-electron chi connectivity index (χ3n) is 4.65. The van der Waals surface area contributed by atoms with Crippen LogP contribution >= 0.6 is 23.2 Å². The number of para-hydroxylation sites is 1. The fourth-order valence-electron chi connectivity index (χ4n) is 3.14. The van der Waals surface area contributed by atoms with Gasteiger partial charge in [0.25, 0.3) is 5.91 Å². The first-order valence-electron chi connectivity index (χ1n) is 9.54. The van der Waals surface area contributed by atoms with Crippen LogP contribution in [-0.4, -0.2) is 25.4 Å². The number of hydrogen-bond donors (Lipinski definition) is 1. The van der Waals surface area contributed by atoms with Gasteiger partial charge >= 0.3 is 0 Å². The first-order chi connectivity index (χ1) is 15.5. The van der Waals surface area contributed by atoms with E-state index in [1.54, 1.807) is 60.7 Å². The largest absolute Gasteiger partial charge is 0.497 e. The molecule has 1 amide bonds. The van der Waals surface area contributed by atoms with E-state index in [0.717, 1.165) is 0 Å². The van der Waals surface area contributed by atoms with Gasteiger partial charge in [0, 0.05) is 16.0 Å². The monoisotopic (exact) mass is 469 g/mol. The highest BCUT2D eigenvalue weighted by atomic mass is 35.5. The van der Waals surface area contributed by atoms with Crippen LogP contribution in [0.2, 0.25) is 10.0 Å². The molecule has 0 fully saturated rings. The van der Waals surface area contributed by atoms with E-state index in [0.29, 0.717) is 33.1 Å². The number of nitrogens with one attached hydrogen (secondary N) is 1. The van der Waals surface area contributed by atoms with Crippen molar-refractivity contribution in [2.45, 2.75) is 0 Å². The maximum atomic E-state index is 13.2. The number of carbonyl (C=O) groups excluding carboxylic acids is 2. The average molecular weight is 470 g/mol. The van der Waals surface area contributed by atoms with Crippen LogP contribution in [0, 0.1) is 0 Å². The zero-order chi connectivity index (χ0) is 22.7. The van der Waals surface area contributed by atoms with Crippen LogP contribution in [0.1, 0.15) is 16.1 Å². The second kappa shape index (κ2) is 9.34. The highest BCUT2D eigenvalue weighted by molar-refractivity contribution is 6.35. The summed E-state index contributed by atoms with van der Waals surface area (Å²) in [6.07, 6.45) is 0. The van der Waals surface area contributed by atoms with E-state index in [9.17, 15) is 9.59 Å². The van der Waals surface area contributed by atoms with Crippen molar-refractivity contribution in [3.63, 3.8) is 0 Å². The Kier molecular flexibility index (Phi) is 6.35. The molecule has 1 N–H and O–H groups in total. The minimum Gasteiger partial charge on any atom is -0.497 e. The first-order valence-corrected chi connectivity index (χ1v) is 10.3. The molecule has 0 aliphatic rings. The minimum absolute atomic E-state index is 0.0114. The Morgan fingerprint density at radius 1 is 1.00 bits per heavy atom. The van der Waals surface area contributed by atoms with E-state index < -0.39 is 11.7 Å². The van der Waals surface area contributed by atoms with Gasteiger partial charge in [-0.1, -0.05) is 47.5 Å². The molecule has 0 saturated heterocycles. The summed E-state index contributed by atoms with van der Waals surface area (Å²) >= 11 is 12.0. The second-order valence-corrected chi connectivity index (χ2v) is 7.62. The van der Waals surface area contributed by atoms with Gasteiger partial charge in [0.05, 0.1) is 17.8 Å². The lowest BCUT2D eigenvalue weighted by atomic mass is 10.1. The topological polar surface area (TPSA) is 77.8 Å². The lowest BCUT2D eigenvalue weighted by Crippen LogP contribution is -2.21. The van der Waals surface area contributed by atoms with Crippen molar-refractivity contribution in [3.05, 3.63) is 88.1 Å². The van der Waals surface area contributed by atoms with E-state index in [2.05, 4.69) is 5.32 Å². The van der Waals surface area contributed by atoms with Crippen molar-refractivity contribution in [1.29, 1.82) is 0 Å². The van der Waals surface area contributed by atoms with Gasteiger partial charge in [-0.2, -0.15) is 0 Å². The number of ketones is 1. The summed E-state index contributed by atoms with van der Waals surface area (Å²) < 4.78 is 16.5. The number of benzene rings is 3. The molecule has 1 aromatic heterocycles. The van der Waals surface area contributed by atoms with Gasteiger partial charge in [-0.3, -0.25) is 9.59 Å². The molecule has 0 aliphatic carbocycles. The van der Waals surface area contributed by atoms with Gasteiger partial charge in [-0.15, -0.1) is 0 Å². The fraction of sp³-hybridized carbons (Fsp3) is 0.0833. The van der Waals surface area contributed by atoms with Gasteiger partial charge < -0.3 is 19.2 Å². The fourth-order valence-corrected chi connectivity index (χ4v) is 3.60. The van der Waals surface area contributed by atoms with E-state index >= 15 is 0 Å². The van der Waals surface area contributed by atoms with E-state index in [-0.39, 0.29) is 23.1 Å². The third kappa shape index (κ3) is 4.56. The number of fused-ring (bicyclic) bond motifs is 1. The van der Waals surface area contributed by atoms with Crippen molar-refractivity contribution >= 4 is 51.5 Å². The Morgan fingerprint density at radius 3 is 2.59 bits per heavy atom. The zero-order valence-corrected chi connectivity index (χ0v) is 18.4. The highest BCUT2D eigenvalue weighted by Crippen LogP contribution is 2.33. The molecule has 4 rings (SSSR count). The molecule has 6 nitrogen and oxygen atoms in total. The molecule has 0 atom stereocenters. The summed E-state index contributed by atoms with van der Waals surface area (Å²) in [6, 6.07) is 18.4. The number of methoxy groups -OCH3 is 1. The second-order valence-electron chi connectivity index (χ2n) is 6.78. The summed E-state index contributed by atoms with van der Waals surface area (Å²) in [4.78, 5) is 25.8. The van der Waals surface area contributed by atoms with Crippen LogP contribution in [0.5, 0.6) is 11.5 Å². The molecular formula is C24H17Cl2NO5. The van der Waals surface area contributed by atoms with Crippen LogP contribution in [0.4, 0.5) is 5.69 Å². The maximum absolute atomic E-state index is 13.2. The summed E-state index contributed by atoms with van der Waals surface area (Å²) in [7, 11) is 1.52. The van der Waals surface area contributed by atoms with Gasteiger partial charge in [0.15, 0.2) is 12.4 Å². The molecule has 0 spiro atoms. The molecule has 32 heavy (non-hydrogen) atoms. The minimum atomic E-state index is -0.484. The Hall–Kier alpha value is -3.48. The van der Waals surface area contributed by atoms with Gasteiger partial charge in [-0.25, -0.2) is 0 Å². The average Bonchev–Trinajstić information content (AvgIpc) is 3.16. The molecule has 0 aliphatic heterocycles. The summed E-state index contributed by atoms with van der Waals surface area (Å²) in [5, 5.41) is 4.07. The smallest absolute Gasteiger partial charge is 0.262 e. The number of rotatable bonds is 7. The van der Waals surface area contributed by atoms with Crippen LogP contribution in [0.3, 0.4) is 0 Å². The van der Waals surface area contributed by atoms with Crippen LogP contribution in [0.25, 0.3) is 11.0 Å². The molecular weight excluding hydrogens is 453 g/mol. The quantitative estimate of drug-likeness (QED) is 0.336. The predicted molar refractivity (Wildman–Crippen MR) is 123 cm³/mol. The molecule has 0 bridgehead atoms. The van der Waals surface area contributed by atoms with Crippen molar-refractivity contribution < 1.29 is 23.5 Å². The number of carbonyl (C=O) groups is 2. The maximum Gasteiger partial charge on any atom is 0.262 e. The molecule has 0 radical (unpaired) electrons. The molecule has 0 saturated carbocycles. The van der Waals surface area contributed by atoms with Crippen LogP contribution < -0.4 is 14.8 Å².